The molecule has 0 aliphatic rings. The van der Waals surface area contributed by atoms with Gasteiger partial charge in [-0.3, -0.25) is 0 Å². The second-order valence-corrected chi connectivity index (χ2v) is 6.60. The topological polar surface area (TPSA) is 137 Å². The molecule has 0 aliphatic carbocycles. The van der Waals surface area contributed by atoms with Gasteiger partial charge in [0, 0.05) is 12.4 Å². The molecule has 11 heteroatoms. The molecule has 0 rings (SSSR count). The quantitative estimate of drug-likeness (QED) is 0.273. The molecular formula is C12H19Na3O7S. The average molecular weight is 376 g/mol. The smallest absolute Gasteiger partial charge is 0.747 e. The molecule has 2 unspecified atom stereocenters. The Hall–Kier alpha value is 1.85. The van der Waals surface area contributed by atoms with Crippen LogP contribution in [-0.2, 0) is 19.7 Å². The molecule has 0 aromatic heterocycles. The summed E-state index contributed by atoms with van der Waals surface area (Å²) in [5, 5.41) is 21.8. The minimum absolute atomic E-state index is 0. The molecule has 7 nitrogen and oxygen atoms in total. The molecule has 0 heterocycles. The molecule has 2 atom stereocenters. The Labute approximate surface area is 204 Å². The van der Waals surface area contributed by atoms with Crippen LogP contribution in [0.2, 0.25) is 0 Å². The third kappa shape index (κ3) is 10.6. The van der Waals surface area contributed by atoms with Crippen LogP contribution >= 0.6 is 0 Å². The van der Waals surface area contributed by atoms with Crippen LogP contribution in [0.4, 0.5) is 0 Å². The molecule has 23 heavy (non-hydrogen) atoms. The van der Waals surface area contributed by atoms with Gasteiger partial charge in [-0.25, -0.2) is 8.42 Å². The second-order valence-electron chi connectivity index (χ2n) is 4.91. The number of hydrogen-bond donors (Lipinski definition) is 0. The molecule has 0 fully saturated rings. The summed E-state index contributed by atoms with van der Waals surface area (Å²) in [4.78, 5) is 21.8. The minimum atomic E-state index is -5.38. The van der Waals surface area contributed by atoms with Gasteiger partial charge >= 0.3 is 88.7 Å². The number of carbonyl (C=O) groups is 2. The number of aliphatic carboxylic acids is 2. The first-order valence-electron chi connectivity index (χ1n) is 6.47. The van der Waals surface area contributed by atoms with Crippen molar-refractivity contribution in [3.63, 3.8) is 0 Å². The molecule has 0 saturated heterocycles. The maximum Gasteiger partial charge on any atom is 1.00 e. The average Bonchev–Trinajstić information content (AvgIpc) is 2.30. The predicted molar refractivity (Wildman–Crippen MR) is 65.0 cm³/mol. The van der Waals surface area contributed by atoms with Crippen molar-refractivity contribution in [2.24, 2.45) is 5.92 Å². The van der Waals surface area contributed by atoms with Crippen molar-refractivity contribution in [2.75, 3.05) is 0 Å². The summed E-state index contributed by atoms with van der Waals surface area (Å²) in [5.74, 6) is -4.46. The number of hydrogen-bond acceptors (Lipinski definition) is 7. The molecular weight excluding hydrogens is 357 g/mol. The van der Waals surface area contributed by atoms with E-state index in [0.29, 0.717) is 12.8 Å². The first kappa shape index (κ1) is 32.5. The number of carbonyl (C=O) groups excluding carboxylic acids is 2. The van der Waals surface area contributed by atoms with E-state index in [9.17, 15) is 32.8 Å². The minimum Gasteiger partial charge on any atom is -0.747 e. The van der Waals surface area contributed by atoms with Crippen molar-refractivity contribution in [2.45, 2.75) is 57.1 Å². The third-order valence-corrected chi connectivity index (χ3v) is 4.88. The van der Waals surface area contributed by atoms with E-state index in [1.54, 1.807) is 6.92 Å². The maximum absolute atomic E-state index is 11.3. The summed E-state index contributed by atoms with van der Waals surface area (Å²) in [7, 11) is -5.38. The number of rotatable bonds is 10. The van der Waals surface area contributed by atoms with Gasteiger partial charge < -0.3 is 24.4 Å². The Morgan fingerprint density at radius 2 is 1.57 bits per heavy atom. The van der Waals surface area contributed by atoms with Gasteiger partial charge in [-0.15, -0.1) is 0 Å². The van der Waals surface area contributed by atoms with Crippen molar-refractivity contribution in [1.82, 2.24) is 0 Å². The fourth-order valence-electron chi connectivity index (χ4n) is 2.16. The number of carboxylic acids is 2. The zero-order chi connectivity index (χ0) is 16.0. The Bertz CT molecular complexity index is 456. The molecule has 0 spiro atoms. The third-order valence-electron chi connectivity index (χ3n) is 3.44. The zero-order valence-corrected chi connectivity index (χ0v) is 21.4. The van der Waals surface area contributed by atoms with E-state index < -0.39 is 39.6 Å². The van der Waals surface area contributed by atoms with Crippen LogP contribution in [0.15, 0.2) is 0 Å². The molecule has 0 aliphatic heterocycles. The second kappa shape index (κ2) is 15.0. The van der Waals surface area contributed by atoms with E-state index in [-0.39, 0.29) is 94.6 Å². The van der Waals surface area contributed by atoms with Crippen LogP contribution in [-0.4, -0.2) is 29.7 Å². The molecule has 0 amide bonds. The summed E-state index contributed by atoms with van der Waals surface area (Å²) < 4.78 is 30.9. The summed E-state index contributed by atoms with van der Waals surface area (Å²) in [5.41, 5.74) is 0. The summed E-state index contributed by atoms with van der Waals surface area (Å²) in [6.45, 7) is 3.63. The van der Waals surface area contributed by atoms with Gasteiger partial charge in [-0.1, -0.05) is 39.5 Å². The van der Waals surface area contributed by atoms with E-state index >= 15 is 0 Å². The maximum atomic E-state index is 11.3. The molecule has 0 aromatic rings. The van der Waals surface area contributed by atoms with Crippen molar-refractivity contribution in [1.29, 1.82) is 0 Å². The fraction of sp³-hybridized carbons (Fsp3) is 0.833. The number of unbranched alkanes of at least 4 members (excludes halogenated alkanes) is 1. The van der Waals surface area contributed by atoms with Crippen LogP contribution in [0, 0.1) is 5.92 Å². The van der Waals surface area contributed by atoms with Gasteiger partial charge in [-0.05, 0) is 12.3 Å². The van der Waals surface area contributed by atoms with Gasteiger partial charge in [0.25, 0.3) is 0 Å². The van der Waals surface area contributed by atoms with Crippen LogP contribution in [0.3, 0.4) is 0 Å². The van der Waals surface area contributed by atoms with E-state index in [2.05, 4.69) is 0 Å². The Kier molecular flexibility index (Phi) is 21.2. The molecule has 0 radical (unpaired) electrons. The standard InChI is InChI=1S/C12H22O7S.3Na/c1-3-5-6-9(4-2)7-12(11(15)16,8-10(13)14)20(17,18)19;;;/h9H,3-8H2,1-2H3,(H,13,14)(H,15,16)(H,17,18,19);;;/q;3*+1/p-3. The summed E-state index contributed by atoms with van der Waals surface area (Å²) in [6, 6.07) is 0. The summed E-state index contributed by atoms with van der Waals surface area (Å²) in [6.07, 6.45) is 0.558. The number of carboxylic acid groups (broad SMARTS) is 2. The summed E-state index contributed by atoms with van der Waals surface area (Å²) >= 11 is 0. The molecule has 0 N–H and O–H groups in total. The Morgan fingerprint density at radius 3 is 1.83 bits per heavy atom. The van der Waals surface area contributed by atoms with Crippen molar-refractivity contribution < 1.29 is 121 Å². The van der Waals surface area contributed by atoms with Crippen LogP contribution < -0.4 is 98.9 Å². The van der Waals surface area contributed by atoms with Gasteiger partial charge in [0.15, 0.2) is 0 Å². The van der Waals surface area contributed by atoms with Crippen LogP contribution in [0.1, 0.15) is 52.4 Å². The SMILES string of the molecule is CCCCC(CC)CC(CC(=O)[O-])(C(=O)[O-])S(=O)(=O)[O-].[Na+].[Na+].[Na+]. The largest absolute Gasteiger partial charge is 1.00 e. The first-order valence-corrected chi connectivity index (χ1v) is 7.88. The van der Waals surface area contributed by atoms with Crippen LogP contribution in [0.25, 0.3) is 0 Å². The van der Waals surface area contributed by atoms with E-state index in [1.165, 1.54) is 0 Å². The Balaban J connectivity index is -0.000000602. The van der Waals surface area contributed by atoms with Crippen molar-refractivity contribution >= 4 is 22.1 Å². The van der Waals surface area contributed by atoms with Gasteiger partial charge in [0.1, 0.15) is 14.9 Å². The molecule has 0 bridgehead atoms. The predicted octanol–water partition coefficient (Wildman–Crippen LogP) is -10.2. The first-order chi connectivity index (χ1) is 9.10. The normalized spacial score (nSPS) is 14.2. The van der Waals surface area contributed by atoms with Crippen molar-refractivity contribution in [3.8, 4) is 0 Å². The van der Waals surface area contributed by atoms with E-state index in [0.717, 1.165) is 12.8 Å². The molecule has 118 valence electrons. The van der Waals surface area contributed by atoms with Gasteiger partial charge in [0.05, 0.1) is 5.97 Å². The van der Waals surface area contributed by atoms with Gasteiger partial charge in [-0.2, -0.15) is 0 Å². The van der Waals surface area contributed by atoms with Gasteiger partial charge in [0.2, 0.25) is 0 Å². The van der Waals surface area contributed by atoms with Crippen LogP contribution in [0.5, 0.6) is 0 Å². The van der Waals surface area contributed by atoms with E-state index in [4.69, 9.17) is 0 Å². The fourth-order valence-corrected chi connectivity index (χ4v) is 3.10. The molecule has 0 aromatic carbocycles. The van der Waals surface area contributed by atoms with Crippen molar-refractivity contribution in [3.05, 3.63) is 0 Å². The Morgan fingerprint density at radius 1 is 1.09 bits per heavy atom. The molecule has 0 saturated carbocycles. The van der Waals surface area contributed by atoms with E-state index in [1.807, 2.05) is 6.92 Å². The zero-order valence-electron chi connectivity index (χ0n) is 14.6. The monoisotopic (exact) mass is 376 g/mol.